The third-order valence-corrected chi connectivity index (χ3v) is 5.63. The predicted molar refractivity (Wildman–Crippen MR) is 94.4 cm³/mol. The van der Waals surface area contributed by atoms with E-state index < -0.39 is 0 Å². The van der Waals surface area contributed by atoms with E-state index in [4.69, 9.17) is 18.0 Å². The first-order chi connectivity index (χ1) is 9.60. The number of thiocarbonyl (C=S) groups is 1. The molecule has 0 aliphatic carbocycles. The highest BCUT2D eigenvalue weighted by atomic mass is 79.9. The van der Waals surface area contributed by atoms with Crippen molar-refractivity contribution in [1.29, 1.82) is 0 Å². The van der Waals surface area contributed by atoms with Gasteiger partial charge in [-0.15, -0.1) is 11.3 Å². The molecule has 1 unspecified atom stereocenters. The van der Waals surface area contributed by atoms with Crippen LogP contribution >= 0.6 is 39.5 Å². The van der Waals surface area contributed by atoms with Crippen LogP contribution in [0.3, 0.4) is 0 Å². The maximum absolute atomic E-state index is 5.89. The molecule has 3 nitrogen and oxygen atoms in total. The van der Waals surface area contributed by atoms with Crippen molar-refractivity contribution in [1.82, 2.24) is 9.80 Å². The van der Waals surface area contributed by atoms with E-state index in [2.05, 4.69) is 44.8 Å². The van der Waals surface area contributed by atoms with Gasteiger partial charge in [0.25, 0.3) is 0 Å². The Morgan fingerprint density at radius 2 is 2.10 bits per heavy atom. The van der Waals surface area contributed by atoms with Crippen LogP contribution in [0, 0.1) is 0 Å². The third kappa shape index (κ3) is 4.49. The van der Waals surface area contributed by atoms with Crippen molar-refractivity contribution in [3.05, 3.63) is 20.8 Å². The van der Waals surface area contributed by atoms with Gasteiger partial charge in [0.05, 0.1) is 14.8 Å². The Labute approximate surface area is 139 Å². The van der Waals surface area contributed by atoms with E-state index in [1.165, 1.54) is 8.66 Å². The third-order valence-electron chi connectivity index (χ3n) is 3.75. The van der Waals surface area contributed by atoms with Gasteiger partial charge in [-0.25, -0.2) is 0 Å². The van der Waals surface area contributed by atoms with Gasteiger partial charge < -0.3 is 5.73 Å². The molecule has 2 rings (SSSR count). The van der Waals surface area contributed by atoms with E-state index in [0.717, 1.165) is 45.6 Å². The summed E-state index contributed by atoms with van der Waals surface area (Å²) in [4.78, 5) is 7.04. The van der Waals surface area contributed by atoms with Crippen LogP contribution in [-0.2, 0) is 6.54 Å². The van der Waals surface area contributed by atoms with Crippen LogP contribution in [0.25, 0.3) is 0 Å². The normalized spacial score (nSPS) is 19.1. The fourth-order valence-corrected chi connectivity index (χ4v) is 4.46. The van der Waals surface area contributed by atoms with Crippen molar-refractivity contribution in [3.8, 4) is 0 Å². The number of hydrogen-bond acceptors (Lipinski definition) is 4. The summed E-state index contributed by atoms with van der Waals surface area (Å²) in [5.74, 6) is 0. The summed E-state index contributed by atoms with van der Waals surface area (Å²) in [6.07, 6.45) is 2.21. The standard InChI is InChI=1S/C14H22BrN3S2/c1-2-3-12(14(16)19)18-8-6-17(7-9-18)10-11-4-5-13(15)20-11/h4-5,12H,2-3,6-10H2,1H3,(H2,16,19). The van der Waals surface area contributed by atoms with Crippen LogP contribution in [0.2, 0.25) is 0 Å². The second-order valence-corrected chi connectivity index (χ2v) is 8.24. The zero-order valence-electron chi connectivity index (χ0n) is 11.8. The SMILES string of the molecule is CCCC(C(N)=S)N1CCN(Cc2ccc(Br)s2)CC1. The van der Waals surface area contributed by atoms with Crippen LogP contribution in [0.15, 0.2) is 15.9 Å². The largest absolute Gasteiger partial charge is 0.392 e. The monoisotopic (exact) mass is 375 g/mol. The van der Waals surface area contributed by atoms with Crippen molar-refractivity contribution < 1.29 is 0 Å². The lowest BCUT2D eigenvalue weighted by Crippen LogP contribution is -2.53. The lowest BCUT2D eigenvalue weighted by atomic mass is 10.1. The molecule has 1 atom stereocenters. The second-order valence-electron chi connectivity index (χ2n) is 5.22. The number of hydrogen-bond donors (Lipinski definition) is 1. The molecule has 1 fully saturated rings. The van der Waals surface area contributed by atoms with E-state index in [9.17, 15) is 0 Å². The molecule has 0 saturated carbocycles. The predicted octanol–water partition coefficient (Wildman–Crippen LogP) is 3.08. The topological polar surface area (TPSA) is 32.5 Å². The molecule has 0 aromatic carbocycles. The van der Waals surface area contributed by atoms with Gasteiger partial charge in [0.2, 0.25) is 0 Å². The highest BCUT2D eigenvalue weighted by molar-refractivity contribution is 9.11. The number of thiophene rings is 1. The van der Waals surface area contributed by atoms with Gasteiger partial charge in [-0.2, -0.15) is 0 Å². The molecule has 1 aliphatic heterocycles. The van der Waals surface area contributed by atoms with E-state index in [-0.39, 0.29) is 6.04 Å². The van der Waals surface area contributed by atoms with Gasteiger partial charge in [0.15, 0.2) is 0 Å². The molecule has 0 amide bonds. The first-order valence-corrected chi connectivity index (χ1v) is 9.12. The first-order valence-electron chi connectivity index (χ1n) is 7.10. The van der Waals surface area contributed by atoms with Crippen molar-refractivity contribution in [2.45, 2.75) is 32.4 Å². The molecule has 112 valence electrons. The lowest BCUT2D eigenvalue weighted by molar-refractivity contribution is 0.111. The Balaban J connectivity index is 1.83. The Morgan fingerprint density at radius 3 is 2.60 bits per heavy atom. The van der Waals surface area contributed by atoms with E-state index in [1.54, 1.807) is 0 Å². The summed E-state index contributed by atoms with van der Waals surface area (Å²) >= 11 is 10.6. The number of halogens is 1. The highest BCUT2D eigenvalue weighted by Crippen LogP contribution is 2.24. The number of piperazine rings is 1. The summed E-state index contributed by atoms with van der Waals surface area (Å²) in [7, 11) is 0. The molecule has 0 radical (unpaired) electrons. The molecule has 0 spiro atoms. The van der Waals surface area contributed by atoms with Crippen molar-refractivity contribution in [2.75, 3.05) is 26.2 Å². The maximum Gasteiger partial charge on any atom is 0.0902 e. The Bertz CT molecular complexity index is 441. The molecule has 1 aliphatic rings. The van der Waals surface area contributed by atoms with Gasteiger partial charge in [0.1, 0.15) is 0 Å². The summed E-state index contributed by atoms with van der Waals surface area (Å²) in [6, 6.07) is 4.61. The zero-order valence-corrected chi connectivity index (χ0v) is 15.1. The average Bonchev–Trinajstić information content (AvgIpc) is 2.82. The van der Waals surface area contributed by atoms with Crippen molar-refractivity contribution in [2.24, 2.45) is 5.73 Å². The smallest absolute Gasteiger partial charge is 0.0902 e. The van der Waals surface area contributed by atoms with Crippen LogP contribution in [-0.4, -0.2) is 47.0 Å². The number of rotatable bonds is 6. The fourth-order valence-electron chi connectivity index (χ4n) is 2.67. The van der Waals surface area contributed by atoms with Gasteiger partial charge in [0, 0.05) is 37.6 Å². The maximum atomic E-state index is 5.89. The molecule has 1 saturated heterocycles. The zero-order chi connectivity index (χ0) is 14.5. The second kappa shape index (κ2) is 7.84. The lowest BCUT2D eigenvalue weighted by Gasteiger charge is -2.38. The molecular weight excluding hydrogens is 354 g/mol. The first kappa shape index (κ1) is 16.4. The highest BCUT2D eigenvalue weighted by Gasteiger charge is 2.25. The molecule has 0 bridgehead atoms. The molecule has 6 heteroatoms. The minimum atomic E-state index is 0.285. The van der Waals surface area contributed by atoms with Gasteiger partial charge in [-0.3, -0.25) is 9.80 Å². The van der Waals surface area contributed by atoms with Gasteiger partial charge in [-0.05, 0) is 34.5 Å². The van der Waals surface area contributed by atoms with Crippen LogP contribution < -0.4 is 5.73 Å². The molecule has 2 heterocycles. The molecule has 2 N–H and O–H groups in total. The molecule has 1 aromatic rings. The summed E-state index contributed by atoms with van der Waals surface area (Å²) < 4.78 is 1.21. The van der Waals surface area contributed by atoms with Gasteiger partial charge >= 0.3 is 0 Å². The minimum absolute atomic E-state index is 0.285. The average molecular weight is 376 g/mol. The van der Waals surface area contributed by atoms with E-state index in [1.807, 2.05) is 11.3 Å². The molecular formula is C14H22BrN3S2. The number of nitrogens with two attached hydrogens (primary N) is 1. The minimum Gasteiger partial charge on any atom is -0.392 e. The Kier molecular flexibility index (Phi) is 6.42. The number of nitrogens with zero attached hydrogens (tertiary/aromatic N) is 2. The molecule has 1 aromatic heterocycles. The van der Waals surface area contributed by atoms with Crippen LogP contribution in [0.1, 0.15) is 24.6 Å². The van der Waals surface area contributed by atoms with Crippen LogP contribution in [0.4, 0.5) is 0 Å². The van der Waals surface area contributed by atoms with E-state index >= 15 is 0 Å². The summed E-state index contributed by atoms with van der Waals surface area (Å²) in [5, 5.41) is 0. The fraction of sp³-hybridized carbons (Fsp3) is 0.643. The quantitative estimate of drug-likeness (QED) is 0.774. The summed E-state index contributed by atoms with van der Waals surface area (Å²) in [6.45, 7) is 7.56. The summed E-state index contributed by atoms with van der Waals surface area (Å²) in [5.41, 5.74) is 5.89. The van der Waals surface area contributed by atoms with Crippen molar-refractivity contribution >= 4 is 44.5 Å². The molecule has 20 heavy (non-hydrogen) atoms. The van der Waals surface area contributed by atoms with Crippen LogP contribution in [0.5, 0.6) is 0 Å². The Hall–Kier alpha value is -0.0100. The van der Waals surface area contributed by atoms with E-state index in [0.29, 0.717) is 4.99 Å². The Morgan fingerprint density at radius 1 is 1.40 bits per heavy atom. The van der Waals surface area contributed by atoms with Gasteiger partial charge in [-0.1, -0.05) is 25.6 Å². The van der Waals surface area contributed by atoms with Crippen molar-refractivity contribution in [3.63, 3.8) is 0 Å².